The van der Waals surface area contributed by atoms with Gasteiger partial charge in [0.25, 0.3) is 0 Å². The van der Waals surface area contributed by atoms with E-state index in [1.54, 1.807) is 10.9 Å². The lowest BCUT2D eigenvalue weighted by Gasteiger charge is -2.12. The SMILES string of the molecule is CC(C)CS(=O)(=O)Nc1cncn1-c1ccccc1. The van der Waals surface area contributed by atoms with E-state index in [2.05, 4.69) is 9.71 Å². The third-order valence-electron chi connectivity index (χ3n) is 2.49. The molecule has 0 radical (unpaired) electrons. The minimum atomic E-state index is -3.35. The largest absolute Gasteiger partial charge is 0.285 e. The average Bonchev–Trinajstić information content (AvgIpc) is 2.75. The van der Waals surface area contributed by atoms with Gasteiger partial charge in [-0.05, 0) is 18.1 Å². The van der Waals surface area contributed by atoms with E-state index >= 15 is 0 Å². The van der Waals surface area contributed by atoms with Crippen molar-refractivity contribution in [3.8, 4) is 5.69 Å². The summed E-state index contributed by atoms with van der Waals surface area (Å²) in [7, 11) is -3.35. The minimum absolute atomic E-state index is 0.0746. The van der Waals surface area contributed by atoms with E-state index in [0.29, 0.717) is 5.82 Å². The van der Waals surface area contributed by atoms with Crippen LogP contribution in [-0.4, -0.2) is 23.7 Å². The van der Waals surface area contributed by atoms with Gasteiger partial charge in [0, 0.05) is 5.69 Å². The van der Waals surface area contributed by atoms with Gasteiger partial charge >= 0.3 is 0 Å². The van der Waals surface area contributed by atoms with E-state index in [-0.39, 0.29) is 11.7 Å². The summed E-state index contributed by atoms with van der Waals surface area (Å²) in [6.45, 7) is 3.74. The number of imidazole rings is 1. The molecule has 0 aliphatic rings. The van der Waals surface area contributed by atoms with Crippen LogP contribution in [0, 0.1) is 5.92 Å². The summed E-state index contributed by atoms with van der Waals surface area (Å²) in [5.41, 5.74) is 0.863. The molecule has 19 heavy (non-hydrogen) atoms. The molecule has 0 atom stereocenters. The van der Waals surface area contributed by atoms with Crippen molar-refractivity contribution < 1.29 is 8.42 Å². The molecule has 102 valence electrons. The maximum absolute atomic E-state index is 11.9. The Morgan fingerprint density at radius 3 is 2.58 bits per heavy atom. The molecule has 0 aliphatic heterocycles. The zero-order chi connectivity index (χ0) is 13.9. The van der Waals surface area contributed by atoms with Crippen LogP contribution in [0.2, 0.25) is 0 Å². The first kappa shape index (κ1) is 13.6. The molecule has 1 aromatic heterocycles. The summed E-state index contributed by atoms with van der Waals surface area (Å²) < 4.78 is 28.2. The number of nitrogens with zero attached hydrogens (tertiary/aromatic N) is 2. The van der Waals surface area contributed by atoms with Crippen molar-refractivity contribution in [2.75, 3.05) is 10.5 Å². The Morgan fingerprint density at radius 2 is 1.95 bits per heavy atom. The van der Waals surface area contributed by atoms with Gasteiger partial charge in [0.2, 0.25) is 10.0 Å². The fraction of sp³-hybridized carbons (Fsp3) is 0.308. The summed E-state index contributed by atoms with van der Waals surface area (Å²) in [5.74, 6) is 0.616. The number of para-hydroxylation sites is 1. The lowest BCUT2D eigenvalue weighted by molar-refractivity contribution is 0.587. The Balaban J connectivity index is 2.27. The molecule has 0 saturated carbocycles. The highest BCUT2D eigenvalue weighted by atomic mass is 32.2. The van der Waals surface area contributed by atoms with Crippen LogP contribution in [0.3, 0.4) is 0 Å². The Kier molecular flexibility index (Phi) is 3.90. The number of benzene rings is 1. The number of aromatic nitrogens is 2. The maximum Gasteiger partial charge on any atom is 0.234 e. The molecular weight excluding hydrogens is 262 g/mol. The molecular formula is C13H17N3O2S. The number of rotatable bonds is 5. The second-order valence-electron chi connectivity index (χ2n) is 4.76. The van der Waals surface area contributed by atoms with Gasteiger partial charge in [-0.2, -0.15) is 0 Å². The first-order valence-electron chi connectivity index (χ1n) is 6.06. The topological polar surface area (TPSA) is 64.0 Å². The second kappa shape index (κ2) is 5.44. The zero-order valence-corrected chi connectivity index (χ0v) is 11.8. The summed E-state index contributed by atoms with van der Waals surface area (Å²) in [6, 6.07) is 9.47. The molecule has 6 heteroatoms. The monoisotopic (exact) mass is 279 g/mol. The van der Waals surface area contributed by atoms with Gasteiger partial charge in [0.05, 0.1) is 11.9 Å². The number of hydrogen-bond donors (Lipinski definition) is 1. The molecule has 1 heterocycles. The zero-order valence-electron chi connectivity index (χ0n) is 10.9. The molecule has 1 aromatic carbocycles. The van der Waals surface area contributed by atoms with Crippen molar-refractivity contribution in [1.29, 1.82) is 0 Å². The van der Waals surface area contributed by atoms with Gasteiger partial charge in [-0.3, -0.25) is 9.29 Å². The number of sulfonamides is 1. The third kappa shape index (κ3) is 3.57. The van der Waals surface area contributed by atoms with Crippen molar-refractivity contribution in [2.45, 2.75) is 13.8 Å². The van der Waals surface area contributed by atoms with Gasteiger partial charge in [0.15, 0.2) is 0 Å². The molecule has 0 fully saturated rings. The maximum atomic E-state index is 11.9. The molecule has 0 saturated heterocycles. The van der Waals surface area contributed by atoms with Crippen LogP contribution >= 0.6 is 0 Å². The fourth-order valence-corrected chi connectivity index (χ4v) is 3.24. The standard InChI is InChI=1S/C13H17N3O2S/c1-11(2)9-19(17,18)15-13-8-14-10-16(13)12-6-4-3-5-7-12/h3-8,10-11,15H,9H2,1-2H3. The van der Waals surface area contributed by atoms with Crippen molar-refractivity contribution in [1.82, 2.24) is 9.55 Å². The van der Waals surface area contributed by atoms with Crippen molar-refractivity contribution in [3.63, 3.8) is 0 Å². The van der Waals surface area contributed by atoms with E-state index in [9.17, 15) is 8.42 Å². The van der Waals surface area contributed by atoms with E-state index in [1.165, 1.54) is 6.20 Å². The molecule has 1 N–H and O–H groups in total. The van der Waals surface area contributed by atoms with Crippen LogP contribution in [0.5, 0.6) is 0 Å². The Hall–Kier alpha value is -1.82. The average molecular weight is 279 g/mol. The Labute approximate surface area is 113 Å². The molecule has 0 unspecified atom stereocenters. The van der Waals surface area contributed by atoms with Crippen LogP contribution in [0.4, 0.5) is 5.82 Å². The van der Waals surface area contributed by atoms with Gasteiger partial charge < -0.3 is 0 Å². The van der Waals surface area contributed by atoms with Crippen LogP contribution in [0.25, 0.3) is 5.69 Å². The van der Waals surface area contributed by atoms with Gasteiger partial charge in [-0.1, -0.05) is 32.0 Å². The summed E-state index contributed by atoms with van der Waals surface area (Å²) in [4.78, 5) is 4.00. The van der Waals surface area contributed by atoms with E-state index in [0.717, 1.165) is 5.69 Å². The second-order valence-corrected chi connectivity index (χ2v) is 6.53. The lowest BCUT2D eigenvalue weighted by atomic mass is 10.3. The van der Waals surface area contributed by atoms with E-state index in [4.69, 9.17) is 0 Å². The molecule has 0 amide bonds. The molecule has 0 spiro atoms. The van der Waals surface area contributed by atoms with Crippen LogP contribution in [-0.2, 0) is 10.0 Å². The normalized spacial score (nSPS) is 11.7. The summed E-state index contributed by atoms with van der Waals surface area (Å²) >= 11 is 0. The highest BCUT2D eigenvalue weighted by molar-refractivity contribution is 7.92. The van der Waals surface area contributed by atoms with Crippen LogP contribution < -0.4 is 4.72 Å². The lowest BCUT2D eigenvalue weighted by Crippen LogP contribution is -2.21. The first-order valence-corrected chi connectivity index (χ1v) is 7.71. The summed E-state index contributed by atoms with van der Waals surface area (Å²) in [5, 5.41) is 0. The van der Waals surface area contributed by atoms with E-state index in [1.807, 2.05) is 44.2 Å². The van der Waals surface area contributed by atoms with Gasteiger partial charge in [-0.15, -0.1) is 0 Å². The molecule has 0 aliphatic carbocycles. The van der Waals surface area contributed by atoms with Crippen molar-refractivity contribution in [2.24, 2.45) is 5.92 Å². The molecule has 2 rings (SSSR count). The minimum Gasteiger partial charge on any atom is -0.285 e. The molecule has 2 aromatic rings. The highest BCUT2D eigenvalue weighted by Crippen LogP contribution is 2.16. The van der Waals surface area contributed by atoms with Crippen molar-refractivity contribution in [3.05, 3.63) is 42.9 Å². The Bertz CT molecular complexity index is 633. The van der Waals surface area contributed by atoms with Crippen LogP contribution in [0.15, 0.2) is 42.9 Å². The highest BCUT2D eigenvalue weighted by Gasteiger charge is 2.15. The number of hydrogen-bond acceptors (Lipinski definition) is 3. The van der Waals surface area contributed by atoms with Gasteiger partial charge in [0.1, 0.15) is 12.1 Å². The van der Waals surface area contributed by atoms with Gasteiger partial charge in [-0.25, -0.2) is 13.4 Å². The van der Waals surface area contributed by atoms with Crippen molar-refractivity contribution >= 4 is 15.8 Å². The summed E-state index contributed by atoms with van der Waals surface area (Å²) in [6.07, 6.45) is 3.09. The Morgan fingerprint density at radius 1 is 1.26 bits per heavy atom. The third-order valence-corrected chi connectivity index (χ3v) is 4.11. The van der Waals surface area contributed by atoms with Crippen LogP contribution in [0.1, 0.15) is 13.8 Å². The molecule has 0 bridgehead atoms. The quantitative estimate of drug-likeness (QED) is 0.913. The molecule has 5 nitrogen and oxygen atoms in total. The number of anilines is 1. The van der Waals surface area contributed by atoms with E-state index < -0.39 is 10.0 Å². The predicted octanol–water partition coefficient (Wildman–Crippen LogP) is 2.27. The predicted molar refractivity (Wildman–Crippen MR) is 75.8 cm³/mol. The fourth-order valence-electron chi connectivity index (χ4n) is 1.80. The smallest absolute Gasteiger partial charge is 0.234 e. The first-order chi connectivity index (χ1) is 8.98. The number of nitrogens with one attached hydrogen (secondary N) is 1.